The number of hydrogen-bond acceptors (Lipinski definition) is 8. The van der Waals surface area contributed by atoms with Gasteiger partial charge in [0.1, 0.15) is 17.6 Å². The molecule has 1 fully saturated rings. The van der Waals surface area contributed by atoms with Crippen LogP contribution in [0.1, 0.15) is 58.3 Å². The number of imidazole rings is 1. The van der Waals surface area contributed by atoms with Crippen LogP contribution in [-0.2, 0) is 6.54 Å². The van der Waals surface area contributed by atoms with E-state index >= 15 is 0 Å². The van der Waals surface area contributed by atoms with Crippen LogP contribution in [0.5, 0.6) is 5.75 Å². The Labute approximate surface area is 318 Å². The first-order chi connectivity index (χ1) is 25.7. The van der Waals surface area contributed by atoms with E-state index in [2.05, 4.69) is 36.3 Å². The van der Waals surface area contributed by atoms with Gasteiger partial charge in [0.15, 0.2) is 0 Å². The van der Waals surface area contributed by atoms with Crippen LogP contribution in [0, 0.1) is 5.82 Å². The van der Waals surface area contributed by atoms with Crippen molar-refractivity contribution in [1.29, 1.82) is 0 Å². The Bertz CT molecular complexity index is 2120. The number of rotatable bonds is 13. The third-order valence-corrected chi connectivity index (χ3v) is 10.8. The van der Waals surface area contributed by atoms with Crippen LogP contribution in [0.2, 0.25) is 10.0 Å². The van der Waals surface area contributed by atoms with E-state index in [1.807, 2.05) is 67.7 Å². The number of fused-ring (bicyclic) bond motifs is 1. The summed E-state index contributed by atoms with van der Waals surface area (Å²) in [5.74, 6) is 0.920. The third kappa shape index (κ3) is 8.53. The number of likely N-dealkylation sites (tertiary alicyclic amines) is 1. The van der Waals surface area contributed by atoms with Gasteiger partial charge in [0.05, 0.1) is 46.5 Å². The van der Waals surface area contributed by atoms with E-state index in [1.54, 1.807) is 24.3 Å². The lowest BCUT2D eigenvalue weighted by atomic mass is 9.93. The predicted octanol–water partition coefficient (Wildman–Crippen LogP) is 8.85. The summed E-state index contributed by atoms with van der Waals surface area (Å²) in [7, 11) is 3.38. The highest BCUT2D eigenvalue weighted by Crippen LogP contribution is 2.32. The predicted molar refractivity (Wildman–Crippen MR) is 208 cm³/mol. The van der Waals surface area contributed by atoms with Crippen molar-refractivity contribution in [3.05, 3.63) is 123 Å². The summed E-state index contributed by atoms with van der Waals surface area (Å²) < 4.78 is 21.4. The van der Waals surface area contributed by atoms with Crippen LogP contribution in [0.25, 0.3) is 11.0 Å². The number of anilines is 1. The zero-order valence-corrected chi connectivity index (χ0v) is 31.1. The maximum Gasteiger partial charge on any atom is 0.257 e. The topological polar surface area (TPSA) is 99.7 Å². The highest BCUT2D eigenvalue weighted by molar-refractivity contribution is 6.42. The zero-order chi connectivity index (χ0) is 36.9. The number of amides is 1. The summed E-state index contributed by atoms with van der Waals surface area (Å²) in [6.45, 7) is 3.76. The molecule has 4 aromatic carbocycles. The van der Waals surface area contributed by atoms with Crippen LogP contribution in [-0.4, -0.2) is 77.9 Å². The fraction of sp³-hybridized carbons (Fsp3) is 0.325. The molecule has 274 valence electrons. The number of nitrogens with zero attached hydrogens (tertiary/aromatic N) is 7. The van der Waals surface area contributed by atoms with Gasteiger partial charge in [0, 0.05) is 38.6 Å². The van der Waals surface area contributed by atoms with E-state index in [9.17, 15) is 9.18 Å². The largest absolute Gasteiger partial charge is 0.496 e. The van der Waals surface area contributed by atoms with Crippen molar-refractivity contribution in [2.24, 2.45) is 15.4 Å². The summed E-state index contributed by atoms with van der Waals surface area (Å²) >= 11 is 12.8. The smallest absolute Gasteiger partial charge is 0.257 e. The fourth-order valence-electron chi connectivity index (χ4n) is 7.13. The average molecular weight is 756 g/mol. The van der Waals surface area contributed by atoms with Crippen molar-refractivity contribution < 1.29 is 13.9 Å². The molecule has 0 saturated carbocycles. The maximum atomic E-state index is 13.9. The molecule has 1 N–H and O–H groups in total. The highest BCUT2D eigenvalue weighted by Gasteiger charge is 2.26. The van der Waals surface area contributed by atoms with Gasteiger partial charge in [-0.1, -0.05) is 59.6 Å². The summed E-state index contributed by atoms with van der Waals surface area (Å²) in [6, 6.07) is 25.8. The number of ether oxygens (including phenoxy) is 1. The molecule has 0 spiro atoms. The quantitative estimate of drug-likeness (QED) is 0.130. The molecule has 2 aliphatic rings. The number of carbonyl (C=O) groups is 1. The molecule has 7 rings (SSSR count). The number of halogens is 3. The van der Waals surface area contributed by atoms with Gasteiger partial charge in [0.25, 0.3) is 5.91 Å². The van der Waals surface area contributed by atoms with Crippen LogP contribution in [0.3, 0.4) is 0 Å². The van der Waals surface area contributed by atoms with Gasteiger partial charge in [-0.3, -0.25) is 4.79 Å². The first-order valence-corrected chi connectivity index (χ1v) is 18.5. The van der Waals surface area contributed by atoms with Gasteiger partial charge in [-0.25, -0.2) is 9.37 Å². The van der Waals surface area contributed by atoms with Gasteiger partial charge in [-0.05, 0) is 96.3 Å². The molecule has 1 saturated heterocycles. The van der Waals surface area contributed by atoms with Crippen molar-refractivity contribution in [2.75, 3.05) is 45.7 Å². The second-order valence-electron chi connectivity index (χ2n) is 13.6. The summed E-state index contributed by atoms with van der Waals surface area (Å²) in [5.41, 5.74) is 5.27. The number of likely N-dealkylation sites (N-methyl/N-ethyl adjacent to an activating group) is 1. The van der Waals surface area contributed by atoms with Crippen molar-refractivity contribution in [3.8, 4) is 5.75 Å². The number of nitrogens with one attached hydrogen (secondary N) is 1. The number of hydrogen-bond donors (Lipinski definition) is 1. The lowest BCUT2D eigenvalue weighted by Crippen LogP contribution is -2.40. The number of benzene rings is 4. The number of para-hydroxylation sites is 2. The van der Waals surface area contributed by atoms with Crippen molar-refractivity contribution in [3.63, 3.8) is 0 Å². The maximum absolute atomic E-state index is 13.9. The molecular weight excluding hydrogens is 714 g/mol. The van der Waals surface area contributed by atoms with Gasteiger partial charge >= 0.3 is 0 Å². The summed E-state index contributed by atoms with van der Waals surface area (Å²) in [6.07, 6.45) is 4.37. The summed E-state index contributed by atoms with van der Waals surface area (Å²) in [5, 5.41) is 16.4. The van der Waals surface area contributed by atoms with Crippen molar-refractivity contribution in [1.82, 2.24) is 19.4 Å². The van der Waals surface area contributed by atoms with Gasteiger partial charge in [0.2, 0.25) is 5.95 Å². The van der Waals surface area contributed by atoms with E-state index in [-0.39, 0.29) is 29.7 Å². The Kier molecular flexibility index (Phi) is 11.3. The Morgan fingerprint density at radius 1 is 1.02 bits per heavy atom. The van der Waals surface area contributed by atoms with E-state index < -0.39 is 0 Å². The van der Waals surface area contributed by atoms with Crippen molar-refractivity contribution >= 4 is 52.3 Å². The fourth-order valence-corrected chi connectivity index (χ4v) is 7.43. The van der Waals surface area contributed by atoms with E-state index in [0.717, 1.165) is 72.6 Å². The average Bonchev–Trinajstić information content (AvgIpc) is 3.84. The molecule has 2 unspecified atom stereocenters. The third-order valence-electron chi connectivity index (χ3n) is 10.1. The van der Waals surface area contributed by atoms with E-state index in [1.165, 1.54) is 12.1 Å². The number of methoxy groups -OCH3 is 1. The minimum Gasteiger partial charge on any atom is -0.496 e. The molecule has 10 nitrogen and oxygen atoms in total. The van der Waals surface area contributed by atoms with Gasteiger partial charge < -0.3 is 24.4 Å². The molecule has 2 aliphatic heterocycles. The monoisotopic (exact) mass is 754 g/mol. The lowest BCUT2D eigenvalue weighted by Gasteiger charge is -2.34. The molecule has 1 aromatic heterocycles. The normalized spacial score (nSPS) is 16.7. The van der Waals surface area contributed by atoms with Crippen LogP contribution >= 0.6 is 23.2 Å². The molecule has 1 amide bonds. The summed E-state index contributed by atoms with van der Waals surface area (Å²) in [4.78, 5) is 23.1. The van der Waals surface area contributed by atoms with Gasteiger partial charge in [-0.2, -0.15) is 5.11 Å². The second-order valence-corrected chi connectivity index (χ2v) is 14.4. The molecule has 5 aromatic rings. The molecule has 2 atom stereocenters. The van der Waals surface area contributed by atoms with Crippen LogP contribution < -0.4 is 10.1 Å². The molecule has 13 heteroatoms. The first-order valence-electron chi connectivity index (χ1n) is 17.8. The standard InChI is InChI=1S/C40H41Cl2FN8O2/c1-49(39(52)32-21-28(10-14-38(32)53-2)36-23-44-48-47-36)25-29(27-9-13-33(41)34(42)22-27)15-18-50-19-16-31(17-20-50)45-40-46-35-5-3-4-6-37(35)51(40)24-26-7-11-30(43)12-8-26/h3-14,21-23,29,31,36H,15-20,24-25H2,1-2H3,(H,45,46). The number of carbonyl (C=O) groups excluding carboxylic acids is 1. The van der Waals surface area contributed by atoms with Gasteiger partial charge in [-0.15, -0.1) is 5.10 Å². The molecule has 0 bridgehead atoms. The first kappa shape index (κ1) is 36.5. The minimum atomic E-state index is -0.330. The SMILES string of the molecule is COc1ccc(C2C=NN=N2)cc1C(=O)N(C)CC(CCN1CCC(Nc2nc3ccccc3n2Cc2ccc(F)cc2)CC1)c1ccc(Cl)c(Cl)c1. The number of piperidine rings is 1. The second kappa shape index (κ2) is 16.4. The molecule has 0 aliphatic carbocycles. The Morgan fingerprint density at radius 2 is 1.81 bits per heavy atom. The molecule has 0 radical (unpaired) electrons. The van der Waals surface area contributed by atoms with E-state index in [0.29, 0.717) is 34.4 Å². The number of aromatic nitrogens is 2. The molecule has 3 heterocycles. The zero-order valence-electron chi connectivity index (χ0n) is 29.6. The highest BCUT2D eigenvalue weighted by atomic mass is 35.5. The van der Waals surface area contributed by atoms with E-state index in [4.69, 9.17) is 32.9 Å². The van der Waals surface area contributed by atoms with Crippen molar-refractivity contribution in [2.45, 2.75) is 43.8 Å². The minimum absolute atomic E-state index is 0.00544. The molecular formula is C40H41Cl2FN8O2. The van der Waals surface area contributed by atoms with Crippen LogP contribution in [0.4, 0.5) is 10.3 Å². The Balaban J connectivity index is 1.01. The lowest BCUT2D eigenvalue weighted by molar-refractivity contribution is 0.0778. The Hall–Kier alpha value is -4.84. The molecule has 53 heavy (non-hydrogen) atoms. The Morgan fingerprint density at radius 3 is 2.55 bits per heavy atom. The van der Waals surface area contributed by atoms with Crippen LogP contribution in [0.15, 0.2) is 100 Å².